The minimum atomic E-state index is -0.871. The van der Waals surface area contributed by atoms with Crippen LogP contribution in [0.4, 0.5) is 0 Å². The summed E-state index contributed by atoms with van der Waals surface area (Å²) in [6.07, 6.45) is 81.4. The molecule has 4 heteroatoms. The van der Waals surface area contributed by atoms with Crippen LogP contribution >= 0.6 is 0 Å². The van der Waals surface area contributed by atoms with Gasteiger partial charge in [0.25, 0.3) is 0 Å². The lowest BCUT2D eigenvalue weighted by molar-refractivity contribution is -0.122. The Morgan fingerprint density at radius 3 is 1.02 bits per heavy atom. The zero-order valence-corrected chi connectivity index (χ0v) is 42.3. The number of rotatable bonds is 49. The van der Waals surface area contributed by atoms with E-state index in [9.17, 15) is 15.0 Å². The van der Waals surface area contributed by atoms with Gasteiger partial charge in [0.05, 0.1) is 18.8 Å². The van der Waals surface area contributed by atoms with Gasteiger partial charge in [0.1, 0.15) is 0 Å². The van der Waals surface area contributed by atoms with Gasteiger partial charge in [-0.05, 0) is 70.6 Å². The fraction of sp³-hybridized carbons (Fsp3) is 0.717. The van der Waals surface area contributed by atoms with Crippen LogP contribution in [0.25, 0.3) is 0 Å². The molecule has 0 spiro atoms. The molecule has 4 nitrogen and oxygen atoms in total. The molecule has 0 aliphatic rings. The summed E-state index contributed by atoms with van der Waals surface area (Å²) in [5.74, 6) is -0.123. The molecule has 0 aliphatic heterocycles. The molecule has 0 aromatic rings. The number of amides is 1. The molecule has 64 heavy (non-hydrogen) atoms. The molecule has 2 unspecified atom stereocenters. The highest BCUT2D eigenvalue weighted by Crippen LogP contribution is 2.16. The number of carbonyl (C=O) groups is 1. The number of hydrogen-bond donors (Lipinski definition) is 3. The first-order valence-corrected chi connectivity index (χ1v) is 27.5. The van der Waals surface area contributed by atoms with E-state index in [1.165, 1.54) is 167 Å². The van der Waals surface area contributed by atoms with Gasteiger partial charge in [0, 0.05) is 6.42 Å². The van der Waals surface area contributed by atoms with Gasteiger partial charge in [0.2, 0.25) is 5.91 Å². The van der Waals surface area contributed by atoms with Crippen LogP contribution in [0.3, 0.4) is 0 Å². The van der Waals surface area contributed by atoms with Crippen molar-refractivity contribution in [3.8, 4) is 0 Å². The molecular weight excluding hydrogens is 783 g/mol. The minimum absolute atomic E-state index is 0.123. The second-order valence-electron chi connectivity index (χ2n) is 18.3. The Hall–Kier alpha value is -2.69. The third kappa shape index (κ3) is 50.3. The summed E-state index contributed by atoms with van der Waals surface area (Å²) < 4.78 is 0. The molecule has 0 saturated heterocycles. The fourth-order valence-electron chi connectivity index (χ4n) is 7.93. The van der Waals surface area contributed by atoms with Crippen molar-refractivity contribution in [1.29, 1.82) is 0 Å². The summed E-state index contributed by atoms with van der Waals surface area (Å²) in [6.45, 7) is 4.18. The van der Waals surface area contributed by atoms with Gasteiger partial charge in [-0.15, -0.1) is 0 Å². The van der Waals surface area contributed by atoms with E-state index in [0.717, 1.165) is 70.6 Å². The average molecular weight is 889 g/mol. The van der Waals surface area contributed by atoms with Crippen LogP contribution in [-0.2, 0) is 4.79 Å². The zero-order valence-electron chi connectivity index (χ0n) is 42.3. The third-order valence-electron chi connectivity index (χ3n) is 12.1. The normalized spacial score (nSPS) is 13.6. The van der Waals surface area contributed by atoms with Crippen LogP contribution in [0.1, 0.15) is 258 Å². The number of aliphatic hydroxyl groups is 2. The van der Waals surface area contributed by atoms with E-state index in [1.54, 1.807) is 6.08 Å². The molecule has 3 N–H and O–H groups in total. The maximum Gasteiger partial charge on any atom is 0.220 e. The number of carbonyl (C=O) groups excluding carboxylic acids is 1. The Labute approximate surface area is 398 Å². The lowest BCUT2D eigenvalue weighted by Gasteiger charge is -2.19. The van der Waals surface area contributed by atoms with E-state index in [-0.39, 0.29) is 12.5 Å². The Morgan fingerprint density at radius 2 is 0.688 bits per heavy atom. The lowest BCUT2D eigenvalue weighted by atomic mass is 10.0. The zero-order chi connectivity index (χ0) is 46.3. The van der Waals surface area contributed by atoms with Crippen LogP contribution in [0.2, 0.25) is 0 Å². The van der Waals surface area contributed by atoms with E-state index in [2.05, 4.69) is 104 Å². The van der Waals surface area contributed by atoms with Crippen LogP contribution in [-0.4, -0.2) is 34.9 Å². The van der Waals surface area contributed by atoms with Crippen molar-refractivity contribution in [2.24, 2.45) is 0 Å². The highest BCUT2D eigenvalue weighted by molar-refractivity contribution is 5.76. The lowest BCUT2D eigenvalue weighted by Crippen LogP contribution is -2.45. The first-order chi connectivity index (χ1) is 31.7. The summed E-state index contributed by atoms with van der Waals surface area (Å²) >= 11 is 0. The number of allylic oxidation sites excluding steroid dienone is 15. The van der Waals surface area contributed by atoms with Crippen molar-refractivity contribution in [2.45, 2.75) is 270 Å². The molecule has 1 amide bonds. The van der Waals surface area contributed by atoms with E-state index in [4.69, 9.17) is 0 Å². The fourth-order valence-corrected chi connectivity index (χ4v) is 7.93. The molecule has 0 aromatic carbocycles. The maximum atomic E-state index is 12.4. The smallest absolute Gasteiger partial charge is 0.220 e. The van der Waals surface area contributed by atoms with Gasteiger partial charge in [-0.25, -0.2) is 0 Å². The SMILES string of the molecule is CC/C=C\C/C=C\C/C=C\C/C=C\C/C=C\C/C=C\C/C=C\CCCC(=O)NC(CO)C(O)/C=C/CCCCCCCCCCCCCCCCCCCCCCCCCCCCC. The molecule has 0 saturated carbocycles. The van der Waals surface area contributed by atoms with Crippen molar-refractivity contribution >= 4 is 5.91 Å². The Bertz CT molecular complexity index is 1190. The van der Waals surface area contributed by atoms with Crippen LogP contribution in [0.15, 0.2) is 97.2 Å². The first kappa shape index (κ1) is 61.3. The van der Waals surface area contributed by atoms with Gasteiger partial charge < -0.3 is 15.5 Å². The largest absolute Gasteiger partial charge is 0.394 e. The molecule has 2 atom stereocenters. The third-order valence-corrected chi connectivity index (χ3v) is 12.1. The summed E-state index contributed by atoms with van der Waals surface area (Å²) in [7, 11) is 0. The highest BCUT2D eigenvalue weighted by atomic mass is 16.3. The van der Waals surface area contributed by atoms with Gasteiger partial charge >= 0.3 is 0 Å². The summed E-state index contributed by atoms with van der Waals surface area (Å²) in [6, 6.07) is -0.661. The number of nitrogens with one attached hydrogen (secondary N) is 1. The predicted molar refractivity (Wildman–Crippen MR) is 285 cm³/mol. The van der Waals surface area contributed by atoms with Crippen LogP contribution < -0.4 is 5.32 Å². The standard InChI is InChI=1S/C60H105NO3/c1-3-5-7-9-11-13-15-17-19-21-23-25-27-28-29-30-31-32-34-35-37-39-41-43-45-47-49-51-53-55-59(63)58(57-62)61-60(64)56-54-52-50-48-46-44-42-40-38-36-33-26-24-22-20-18-16-14-12-10-8-6-4-2/h6,8,12,14,18,20,24,26,36,38,42,44,48,50,53,55,58-59,62-63H,3-5,7,9-11,13,15-17,19,21-23,25,27-35,37,39-41,43,45-47,49,51-52,54,56-57H2,1-2H3,(H,61,64)/b8-6-,14-12-,20-18-,26-24-,38-36-,44-42-,50-48-,55-53+. The monoisotopic (exact) mass is 888 g/mol. The molecule has 0 radical (unpaired) electrons. The number of unbranched alkanes of at least 4 members (excludes halogenated alkanes) is 28. The Kier molecular flexibility index (Phi) is 52.3. The number of aliphatic hydroxyl groups excluding tert-OH is 2. The molecule has 368 valence electrons. The second-order valence-corrected chi connectivity index (χ2v) is 18.3. The van der Waals surface area contributed by atoms with E-state index in [0.29, 0.717) is 6.42 Å². The van der Waals surface area contributed by atoms with Crippen molar-refractivity contribution < 1.29 is 15.0 Å². The van der Waals surface area contributed by atoms with Crippen molar-refractivity contribution in [2.75, 3.05) is 6.61 Å². The second kappa shape index (κ2) is 54.6. The Balaban J connectivity index is 3.61. The van der Waals surface area contributed by atoms with Crippen molar-refractivity contribution in [3.63, 3.8) is 0 Å². The van der Waals surface area contributed by atoms with Gasteiger partial charge in [-0.1, -0.05) is 278 Å². The Morgan fingerprint density at radius 1 is 0.391 bits per heavy atom. The van der Waals surface area contributed by atoms with E-state index >= 15 is 0 Å². The number of hydrogen-bond acceptors (Lipinski definition) is 3. The highest BCUT2D eigenvalue weighted by Gasteiger charge is 2.17. The topological polar surface area (TPSA) is 69.6 Å². The summed E-state index contributed by atoms with van der Waals surface area (Å²) in [5.41, 5.74) is 0. The predicted octanol–water partition coefficient (Wildman–Crippen LogP) is 18.1. The maximum absolute atomic E-state index is 12.4. The molecule has 0 heterocycles. The quantitative estimate of drug-likeness (QED) is 0.0421. The molecule has 0 bridgehead atoms. The van der Waals surface area contributed by atoms with E-state index < -0.39 is 12.1 Å². The van der Waals surface area contributed by atoms with Crippen molar-refractivity contribution in [3.05, 3.63) is 97.2 Å². The molecular formula is C60H105NO3. The first-order valence-electron chi connectivity index (χ1n) is 27.5. The van der Waals surface area contributed by atoms with Crippen LogP contribution in [0, 0.1) is 0 Å². The van der Waals surface area contributed by atoms with Gasteiger partial charge in [0.15, 0.2) is 0 Å². The van der Waals surface area contributed by atoms with Gasteiger partial charge in [-0.3, -0.25) is 4.79 Å². The van der Waals surface area contributed by atoms with Gasteiger partial charge in [-0.2, -0.15) is 0 Å². The summed E-state index contributed by atoms with van der Waals surface area (Å²) in [5, 5.41) is 23.1. The van der Waals surface area contributed by atoms with Crippen molar-refractivity contribution in [1.82, 2.24) is 5.32 Å². The molecule has 0 aromatic heterocycles. The van der Waals surface area contributed by atoms with Crippen LogP contribution in [0.5, 0.6) is 0 Å². The molecule has 0 fully saturated rings. The summed E-state index contributed by atoms with van der Waals surface area (Å²) in [4.78, 5) is 12.4. The van der Waals surface area contributed by atoms with E-state index in [1.807, 2.05) is 6.08 Å². The minimum Gasteiger partial charge on any atom is -0.394 e. The average Bonchev–Trinajstić information content (AvgIpc) is 3.30. The molecule has 0 aliphatic carbocycles. The molecule has 0 rings (SSSR count).